The predicted molar refractivity (Wildman–Crippen MR) is 117 cm³/mol. The molecule has 154 valence electrons. The molecule has 0 heteroatoms. The Balaban J connectivity index is 1.99. The van der Waals surface area contributed by atoms with E-state index in [-0.39, 0.29) is 0 Å². The smallest absolute Gasteiger partial charge is 0.0315 e. The van der Waals surface area contributed by atoms with E-state index in [2.05, 4.69) is 55.4 Å². The second-order valence-corrected chi connectivity index (χ2v) is 10.9. The topological polar surface area (TPSA) is 0 Å². The molecule has 0 spiro atoms. The lowest BCUT2D eigenvalue weighted by Gasteiger charge is -2.39. The summed E-state index contributed by atoms with van der Waals surface area (Å²) in [5, 5.41) is 0. The van der Waals surface area contributed by atoms with Gasteiger partial charge in [0.1, 0.15) is 0 Å². The summed E-state index contributed by atoms with van der Waals surface area (Å²) >= 11 is 0. The summed E-state index contributed by atoms with van der Waals surface area (Å²) in [6.07, 6.45) is 11.7. The first kappa shape index (κ1) is 22.3. The molecule has 0 aliphatic heterocycles. The van der Waals surface area contributed by atoms with Gasteiger partial charge in [0.25, 0.3) is 0 Å². The fourth-order valence-corrected chi connectivity index (χ4v) is 6.55. The maximum atomic E-state index is 2.61. The lowest BCUT2D eigenvalue weighted by molar-refractivity contribution is 0.112. The molecular weight excluding hydrogens is 312 g/mol. The molecule has 0 N–H and O–H groups in total. The Hall–Kier alpha value is 0. The molecule has 0 bridgehead atoms. The monoisotopic (exact) mass is 362 g/mol. The van der Waals surface area contributed by atoms with Crippen LogP contribution in [0.5, 0.6) is 0 Å². The molecule has 0 radical (unpaired) electrons. The van der Waals surface area contributed by atoms with Crippen LogP contribution in [0.15, 0.2) is 0 Å². The van der Waals surface area contributed by atoms with E-state index in [1.54, 1.807) is 6.42 Å². The van der Waals surface area contributed by atoms with Gasteiger partial charge in [0.05, 0.1) is 0 Å². The Labute approximate surface area is 166 Å². The number of rotatable bonds is 12. The molecule has 9 unspecified atom stereocenters. The largest absolute Gasteiger partial charge is 0.0654 e. The molecule has 0 saturated heterocycles. The Kier molecular flexibility index (Phi) is 8.55. The summed E-state index contributed by atoms with van der Waals surface area (Å²) < 4.78 is 0. The van der Waals surface area contributed by atoms with E-state index in [1.165, 1.54) is 44.9 Å². The van der Waals surface area contributed by atoms with Crippen LogP contribution in [0.25, 0.3) is 0 Å². The molecule has 0 amide bonds. The molecule has 2 aliphatic carbocycles. The van der Waals surface area contributed by atoms with E-state index in [9.17, 15) is 0 Å². The SMILES string of the molecule is CCCC(C)C1C(C(C)C(C)C(C)CC)C1C1CCC1CCCC(C)C. The summed E-state index contributed by atoms with van der Waals surface area (Å²) in [7, 11) is 0. The van der Waals surface area contributed by atoms with Crippen molar-refractivity contribution in [2.24, 2.45) is 59.2 Å². The van der Waals surface area contributed by atoms with Gasteiger partial charge in [-0.15, -0.1) is 0 Å². The third-order valence-corrected chi connectivity index (χ3v) is 8.90. The van der Waals surface area contributed by atoms with Crippen molar-refractivity contribution in [1.82, 2.24) is 0 Å². The van der Waals surface area contributed by atoms with Gasteiger partial charge in [-0.25, -0.2) is 0 Å². The van der Waals surface area contributed by atoms with E-state index >= 15 is 0 Å². The first-order valence-electron chi connectivity index (χ1n) is 12.3. The van der Waals surface area contributed by atoms with Gasteiger partial charge in [-0.3, -0.25) is 0 Å². The Bertz CT molecular complexity index is 397. The first-order chi connectivity index (χ1) is 12.3. The van der Waals surface area contributed by atoms with E-state index in [0.29, 0.717) is 0 Å². The van der Waals surface area contributed by atoms with Crippen molar-refractivity contribution in [3.05, 3.63) is 0 Å². The highest BCUT2D eigenvalue weighted by Gasteiger charge is 2.60. The average Bonchev–Trinajstić information content (AvgIpc) is 3.30. The molecule has 2 aliphatic rings. The van der Waals surface area contributed by atoms with Crippen LogP contribution in [0.3, 0.4) is 0 Å². The highest BCUT2D eigenvalue weighted by atomic mass is 14.6. The zero-order valence-corrected chi connectivity index (χ0v) is 19.4. The maximum Gasteiger partial charge on any atom is -0.0315 e. The van der Waals surface area contributed by atoms with Crippen LogP contribution in [0, 0.1) is 59.2 Å². The van der Waals surface area contributed by atoms with Crippen LogP contribution >= 0.6 is 0 Å². The van der Waals surface area contributed by atoms with Crippen molar-refractivity contribution in [2.45, 2.75) is 107 Å². The molecule has 26 heavy (non-hydrogen) atoms. The second-order valence-electron chi connectivity index (χ2n) is 10.9. The lowest BCUT2D eigenvalue weighted by atomic mass is 9.67. The molecular formula is C26H50. The molecule has 0 aromatic carbocycles. The zero-order valence-electron chi connectivity index (χ0n) is 19.4. The van der Waals surface area contributed by atoms with Gasteiger partial charge in [-0.05, 0) is 72.0 Å². The summed E-state index contributed by atoms with van der Waals surface area (Å²) in [5.41, 5.74) is 0. The van der Waals surface area contributed by atoms with Gasteiger partial charge in [0, 0.05) is 0 Å². The van der Waals surface area contributed by atoms with Crippen LogP contribution in [0.4, 0.5) is 0 Å². The zero-order chi connectivity index (χ0) is 19.4. The fourth-order valence-electron chi connectivity index (χ4n) is 6.55. The average molecular weight is 363 g/mol. The van der Waals surface area contributed by atoms with Crippen molar-refractivity contribution in [3.8, 4) is 0 Å². The molecule has 0 heterocycles. The number of hydrogen-bond acceptors (Lipinski definition) is 0. The molecule has 0 aromatic rings. The molecule has 0 nitrogen and oxygen atoms in total. The lowest BCUT2D eigenvalue weighted by Crippen LogP contribution is -2.30. The predicted octanol–water partition coefficient (Wildman–Crippen LogP) is 8.46. The van der Waals surface area contributed by atoms with Crippen molar-refractivity contribution in [1.29, 1.82) is 0 Å². The highest BCUT2D eigenvalue weighted by molar-refractivity contribution is 5.08. The minimum absolute atomic E-state index is 0.885. The van der Waals surface area contributed by atoms with Crippen LogP contribution in [-0.4, -0.2) is 0 Å². The highest BCUT2D eigenvalue weighted by Crippen LogP contribution is 2.66. The first-order valence-corrected chi connectivity index (χ1v) is 12.3. The summed E-state index contributed by atoms with van der Waals surface area (Å²) in [4.78, 5) is 0. The summed E-state index contributed by atoms with van der Waals surface area (Å²) in [5.74, 6) is 9.88. The van der Waals surface area contributed by atoms with Gasteiger partial charge in [0.2, 0.25) is 0 Å². The standard InChI is InChI=1S/C26H50/c1-9-12-19(6)24-25(21(8)20(7)18(5)10-2)26(24)23-16-15-22(23)14-11-13-17(3)4/h17-26H,9-16H2,1-8H3. The van der Waals surface area contributed by atoms with Crippen molar-refractivity contribution >= 4 is 0 Å². The summed E-state index contributed by atoms with van der Waals surface area (Å²) in [6, 6.07) is 0. The van der Waals surface area contributed by atoms with Crippen LogP contribution < -0.4 is 0 Å². The second kappa shape index (κ2) is 9.97. The third kappa shape index (κ3) is 5.08. The number of hydrogen-bond donors (Lipinski definition) is 0. The Morgan fingerprint density at radius 3 is 2.04 bits per heavy atom. The van der Waals surface area contributed by atoms with Crippen molar-refractivity contribution < 1.29 is 0 Å². The molecule has 2 rings (SSSR count). The molecule has 9 atom stereocenters. The van der Waals surface area contributed by atoms with Crippen LogP contribution in [-0.2, 0) is 0 Å². The third-order valence-electron chi connectivity index (χ3n) is 8.90. The van der Waals surface area contributed by atoms with Crippen molar-refractivity contribution in [2.75, 3.05) is 0 Å². The normalized spacial score (nSPS) is 35.7. The van der Waals surface area contributed by atoms with E-state index in [0.717, 1.165) is 59.2 Å². The summed E-state index contributed by atoms with van der Waals surface area (Å²) in [6.45, 7) is 19.8. The Morgan fingerprint density at radius 1 is 0.846 bits per heavy atom. The fraction of sp³-hybridized carbons (Fsp3) is 1.00. The molecule has 0 aromatic heterocycles. The van der Waals surface area contributed by atoms with E-state index < -0.39 is 0 Å². The quantitative estimate of drug-likeness (QED) is 0.326. The van der Waals surface area contributed by atoms with Gasteiger partial charge < -0.3 is 0 Å². The van der Waals surface area contributed by atoms with E-state index in [1.807, 2.05) is 0 Å². The van der Waals surface area contributed by atoms with Crippen LogP contribution in [0.2, 0.25) is 0 Å². The van der Waals surface area contributed by atoms with Crippen LogP contribution in [0.1, 0.15) is 107 Å². The molecule has 2 saturated carbocycles. The Morgan fingerprint density at radius 2 is 1.54 bits per heavy atom. The van der Waals surface area contributed by atoms with Gasteiger partial charge in [0.15, 0.2) is 0 Å². The van der Waals surface area contributed by atoms with Crippen molar-refractivity contribution in [3.63, 3.8) is 0 Å². The van der Waals surface area contributed by atoms with E-state index in [4.69, 9.17) is 0 Å². The van der Waals surface area contributed by atoms with Gasteiger partial charge in [-0.1, -0.05) is 93.9 Å². The minimum Gasteiger partial charge on any atom is -0.0654 e. The minimum atomic E-state index is 0.885. The maximum absolute atomic E-state index is 2.61. The van der Waals surface area contributed by atoms with Gasteiger partial charge in [-0.2, -0.15) is 0 Å². The van der Waals surface area contributed by atoms with Gasteiger partial charge >= 0.3 is 0 Å². The molecule has 2 fully saturated rings.